The molecule has 3 aliphatic rings. The molecule has 0 spiro atoms. The van der Waals surface area contributed by atoms with Crippen molar-refractivity contribution < 1.29 is 24.3 Å². The lowest BCUT2D eigenvalue weighted by atomic mass is 9.77. The molecule has 4 rings (SSSR count). The fourth-order valence-corrected chi connectivity index (χ4v) is 4.69. The van der Waals surface area contributed by atoms with Gasteiger partial charge in [0.1, 0.15) is 11.3 Å². The van der Waals surface area contributed by atoms with E-state index in [-0.39, 0.29) is 28.6 Å². The molecule has 0 aromatic heterocycles. The van der Waals surface area contributed by atoms with Crippen LogP contribution < -0.4 is 10.4 Å². The van der Waals surface area contributed by atoms with Gasteiger partial charge in [0, 0.05) is 10.7 Å². The van der Waals surface area contributed by atoms with Crippen LogP contribution in [-0.4, -0.2) is 54.1 Å². The summed E-state index contributed by atoms with van der Waals surface area (Å²) in [5.41, 5.74) is 6.37. The van der Waals surface area contributed by atoms with E-state index >= 15 is 0 Å². The van der Waals surface area contributed by atoms with Crippen molar-refractivity contribution >= 4 is 31.2 Å². The van der Waals surface area contributed by atoms with Crippen LogP contribution >= 0.6 is 11.8 Å². The number of ether oxygens (including phenoxy) is 1. The number of carboxylic acids is 1. The Kier molecular flexibility index (Phi) is 3.94. The first-order valence-corrected chi connectivity index (χ1v) is 8.70. The number of aliphatic imine (C=N–C) groups is 1. The lowest BCUT2D eigenvalue weighted by molar-refractivity contribution is 0.0690. The quantitative estimate of drug-likeness (QED) is 0.422. The molecule has 7 nitrogen and oxygen atoms in total. The summed E-state index contributed by atoms with van der Waals surface area (Å²) in [7, 11) is -0.926. The van der Waals surface area contributed by atoms with E-state index in [1.165, 1.54) is 18.1 Å². The summed E-state index contributed by atoms with van der Waals surface area (Å²) in [6.45, 7) is 0.953. The van der Waals surface area contributed by atoms with Crippen LogP contribution in [-0.2, 0) is 4.74 Å². The third kappa shape index (κ3) is 2.56. The standard InChI is InChI=1S/C15H17BN2O5S/c17-6-18-10-4-22-5-12(10)24-11-2-1-7-8-3-9(8)16(21)23-14(7)13(11)15(19)20/h1-2,6,8-10,12,21H,3-5H2,(H2,17,18)(H,19,20). The van der Waals surface area contributed by atoms with Crippen LogP contribution in [0.25, 0.3) is 0 Å². The first-order valence-electron chi connectivity index (χ1n) is 7.83. The highest BCUT2D eigenvalue weighted by Gasteiger charge is 2.54. The van der Waals surface area contributed by atoms with Crippen molar-refractivity contribution in [3.05, 3.63) is 23.3 Å². The Balaban J connectivity index is 1.69. The number of hydrogen-bond acceptors (Lipinski definition) is 6. The van der Waals surface area contributed by atoms with Gasteiger partial charge in [-0.25, -0.2) is 4.79 Å². The number of fused-ring (bicyclic) bond motifs is 3. The fraction of sp³-hybridized carbons (Fsp3) is 0.467. The molecule has 2 heterocycles. The fourth-order valence-electron chi connectivity index (χ4n) is 3.44. The number of rotatable bonds is 4. The second-order valence-electron chi connectivity index (χ2n) is 6.24. The van der Waals surface area contributed by atoms with Crippen molar-refractivity contribution in [2.24, 2.45) is 10.7 Å². The summed E-state index contributed by atoms with van der Waals surface area (Å²) in [6, 6.07) is 3.64. The molecule has 1 aliphatic carbocycles. The lowest BCUT2D eigenvalue weighted by Gasteiger charge is -2.23. The Labute approximate surface area is 143 Å². The number of aromatic carboxylic acids is 1. The molecule has 4 N–H and O–H groups in total. The average molecular weight is 348 g/mol. The molecular weight excluding hydrogens is 331 g/mol. The molecular formula is C15H17BN2O5S. The maximum absolute atomic E-state index is 11.8. The van der Waals surface area contributed by atoms with Gasteiger partial charge in [0.25, 0.3) is 0 Å². The first kappa shape index (κ1) is 15.8. The lowest BCUT2D eigenvalue weighted by Crippen LogP contribution is -2.28. The third-order valence-electron chi connectivity index (χ3n) is 4.76. The second-order valence-corrected chi connectivity index (χ2v) is 7.52. The molecule has 2 fully saturated rings. The summed E-state index contributed by atoms with van der Waals surface area (Å²) < 4.78 is 11.0. The Morgan fingerprint density at radius 1 is 1.46 bits per heavy atom. The average Bonchev–Trinajstić information content (AvgIpc) is 3.24. The smallest absolute Gasteiger partial charge is 0.526 e. The zero-order chi connectivity index (χ0) is 16.8. The molecule has 0 bridgehead atoms. The monoisotopic (exact) mass is 348 g/mol. The van der Waals surface area contributed by atoms with Gasteiger partial charge in [-0.2, -0.15) is 0 Å². The number of hydrogen-bond donors (Lipinski definition) is 3. The van der Waals surface area contributed by atoms with Gasteiger partial charge in [0.2, 0.25) is 0 Å². The van der Waals surface area contributed by atoms with Crippen LogP contribution in [0.2, 0.25) is 5.82 Å². The predicted molar refractivity (Wildman–Crippen MR) is 90.0 cm³/mol. The van der Waals surface area contributed by atoms with Crippen molar-refractivity contribution in [1.82, 2.24) is 0 Å². The normalized spacial score (nSPS) is 30.8. The predicted octanol–water partition coefficient (Wildman–Crippen LogP) is 0.962. The second kappa shape index (κ2) is 5.98. The van der Waals surface area contributed by atoms with Crippen LogP contribution in [0.4, 0.5) is 0 Å². The number of nitrogens with zero attached hydrogens (tertiary/aromatic N) is 1. The van der Waals surface area contributed by atoms with Crippen LogP contribution in [0.1, 0.15) is 28.3 Å². The molecule has 4 unspecified atom stereocenters. The minimum Gasteiger partial charge on any atom is -0.535 e. The first-order chi connectivity index (χ1) is 11.6. The van der Waals surface area contributed by atoms with Crippen LogP contribution in [0, 0.1) is 0 Å². The van der Waals surface area contributed by atoms with Crippen molar-refractivity contribution in [3.8, 4) is 5.75 Å². The van der Waals surface area contributed by atoms with Gasteiger partial charge in [0.15, 0.2) is 0 Å². The minimum atomic E-state index is -1.06. The van der Waals surface area contributed by atoms with E-state index in [9.17, 15) is 14.9 Å². The highest BCUT2D eigenvalue weighted by atomic mass is 32.2. The van der Waals surface area contributed by atoms with Gasteiger partial charge in [-0.05, 0) is 24.0 Å². The minimum absolute atomic E-state index is 0.0110. The zero-order valence-corrected chi connectivity index (χ0v) is 13.6. The Morgan fingerprint density at radius 3 is 3.04 bits per heavy atom. The van der Waals surface area contributed by atoms with Crippen molar-refractivity contribution in [2.45, 2.75) is 34.3 Å². The van der Waals surface area contributed by atoms with E-state index in [1.54, 1.807) is 0 Å². The molecule has 24 heavy (non-hydrogen) atoms. The molecule has 0 amide bonds. The van der Waals surface area contributed by atoms with Gasteiger partial charge in [0.05, 0.1) is 30.8 Å². The summed E-state index contributed by atoms with van der Waals surface area (Å²) in [5.74, 6) is -0.468. The van der Waals surface area contributed by atoms with Gasteiger partial charge in [-0.15, -0.1) is 11.8 Å². The summed E-state index contributed by atoms with van der Waals surface area (Å²) in [6.07, 6.45) is 2.09. The number of benzene rings is 1. The van der Waals surface area contributed by atoms with Crippen LogP contribution in [0.3, 0.4) is 0 Å². The van der Waals surface area contributed by atoms with Crippen LogP contribution in [0.15, 0.2) is 22.0 Å². The molecule has 9 heteroatoms. The molecule has 1 aromatic carbocycles. The largest absolute Gasteiger partial charge is 0.535 e. The van der Waals surface area contributed by atoms with E-state index in [0.717, 1.165) is 12.0 Å². The van der Waals surface area contributed by atoms with Crippen molar-refractivity contribution in [3.63, 3.8) is 0 Å². The maximum Gasteiger partial charge on any atom is 0.526 e. The Morgan fingerprint density at radius 2 is 2.29 bits per heavy atom. The molecule has 0 radical (unpaired) electrons. The maximum atomic E-state index is 11.8. The van der Waals surface area contributed by atoms with Crippen LogP contribution in [0.5, 0.6) is 5.75 Å². The third-order valence-corrected chi connectivity index (χ3v) is 6.11. The highest BCUT2D eigenvalue weighted by molar-refractivity contribution is 8.00. The highest BCUT2D eigenvalue weighted by Crippen LogP contribution is 2.60. The SMILES string of the molecule is NC=NC1COCC1Sc1ccc2c(c1C(=O)O)OB(O)C1CC21. The van der Waals surface area contributed by atoms with Crippen molar-refractivity contribution in [2.75, 3.05) is 13.2 Å². The number of nitrogens with two attached hydrogens (primary N) is 1. The number of thioether (sulfide) groups is 1. The van der Waals surface area contributed by atoms with Gasteiger partial charge < -0.3 is 25.3 Å². The summed E-state index contributed by atoms with van der Waals surface area (Å²) in [4.78, 5) is 16.6. The number of carboxylic acid groups (broad SMARTS) is 1. The van der Waals surface area contributed by atoms with E-state index in [2.05, 4.69) is 4.99 Å². The molecule has 4 atom stereocenters. The molecule has 2 aliphatic heterocycles. The summed E-state index contributed by atoms with van der Waals surface area (Å²) >= 11 is 1.41. The van der Waals surface area contributed by atoms with E-state index in [1.807, 2.05) is 12.1 Å². The molecule has 126 valence electrons. The van der Waals surface area contributed by atoms with E-state index < -0.39 is 13.1 Å². The van der Waals surface area contributed by atoms with Gasteiger partial charge >= 0.3 is 13.1 Å². The van der Waals surface area contributed by atoms with E-state index in [4.69, 9.17) is 15.1 Å². The summed E-state index contributed by atoms with van der Waals surface area (Å²) in [5, 5.41) is 19.7. The molecule has 1 saturated carbocycles. The molecule has 1 aromatic rings. The van der Waals surface area contributed by atoms with Gasteiger partial charge in [-0.3, -0.25) is 4.99 Å². The number of carbonyl (C=O) groups is 1. The Hall–Kier alpha value is -1.71. The van der Waals surface area contributed by atoms with Gasteiger partial charge in [-0.1, -0.05) is 6.07 Å². The zero-order valence-electron chi connectivity index (χ0n) is 12.8. The van der Waals surface area contributed by atoms with E-state index in [0.29, 0.717) is 23.9 Å². The topological polar surface area (TPSA) is 114 Å². The Bertz CT molecular complexity index is 715. The molecule has 1 saturated heterocycles. The van der Waals surface area contributed by atoms with Crippen molar-refractivity contribution in [1.29, 1.82) is 0 Å².